The van der Waals surface area contributed by atoms with E-state index >= 15 is 0 Å². The Hall–Kier alpha value is -3.93. The second-order valence-electron chi connectivity index (χ2n) is 7.04. The Morgan fingerprint density at radius 2 is 1.56 bits per heavy atom. The van der Waals surface area contributed by atoms with Crippen LogP contribution in [0.25, 0.3) is 11.1 Å². The fourth-order valence-corrected chi connectivity index (χ4v) is 4.58. The highest BCUT2D eigenvalue weighted by molar-refractivity contribution is 7.92. The van der Waals surface area contributed by atoms with Gasteiger partial charge in [0.25, 0.3) is 10.0 Å². The second-order valence-corrected chi connectivity index (χ2v) is 8.69. The van der Waals surface area contributed by atoms with E-state index in [1.54, 1.807) is 13.0 Å². The van der Waals surface area contributed by atoms with Crippen molar-refractivity contribution in [3.05, 3.63) is 36.0 Å². The van der Waals surface area contributed by atoms with Gasteiger partial charge in [-0.25, -0.2) is 8.42 Å². The van der Waals surface area contributed by atoms with Crippen molar-refractivity contribution in [2.24, 2.45) is 0 Å². The molecule has 1 heterocycles. The van der Waals surface area contributed by atoms with E-state index in [4.69, 9.17) is 23.5 Å². The number of nitrogens with one attached hydrogen (secondary N) is 2. The number of aryl methyl sites for hydroxylation is 1. The zero-order valence-electron chi connectivity index (χ0n) is 19.5. The van der Waals surface area contributed by atoms with Gasteiger partial charge in [-0.05, 0) is 24.6 Å². The largest absolute Gasteiger partial charge is 0.495 e. The molecule has 0 unspecified atom stereocenters. The Bertz CT molecular complexity index is 1290. The van der Waals surface area contributed by atoms with Crippen LogP contribution in [0.4, 0.5) is 11.6 Å². The van der Waals surface area contributed by atoms with E-state index in [1.807, 2.05) is 0 Å². The second kappa shape index (κ2) is 9.91. The smallest absolute Gasteiger partial charge is 0.265 e. The van der Waals surface area contributed by atoms with Gasteiger partial charge < -0.3 is 23.5 Å². The molecule has 0 aliphatic heterocycles. The number of carbonyl (C=O) groups excluding carboxylic acids is 1. The Morgan fingerprint density at radius 3 is 2.09 bits per heavy atom. The fourth-order valence-electron chi connectivity index (χ4n) is 3.35. The van der Waals surface area contributed by atoms with Gasteiger partial charge in [-0.2, -0.15) is 0 Å². The number of hydrogen-bond acceptors (Lipinski definition) is 9. The molecule has 3 rings (SSSR count). The zero-order chi connectivity index (χ0) is 25.0. The summed E-state index contributed by atoms with van der Waals surface area (Å²) in [6.07, 6.45) is 0. The first-order valence-corrected chi connectivity index (χ1v) is 11.4. The lowest BCUT2D eigenvalue weighted by Crippen LogP contribution is -2.14. The van der Waals surface area contributed by atoms with Gasteiger partial charge in [-0.3, -0.25) is 14.8 Å². The number of rotatable bonds is 9. The Balaban J connectivity index is 2.10. The summed E-state index contributed by atoms with van der Waals surface area (Å²) >= 11 is 0. The minimum Gasteiger partial charge on any atom is -0.495 e. The number of nitrogens with zero attached hydrogens (tertiary/aromatic N) is 1. The van der Waals surface area contributed by atoms with Crippen LogP contribution in [-0.4, -0.2) is 47.9 Å². The van der Waals surface area contributed by atoms with Gasteiger partial charge in [-0.1, -0.05) is 11.2 Å². The third-order valence-corrected chi connectivity index (χ3v) is 6.21. The van der Waals surface area contributed by atoms with Crippen molar-refractivity contribution in [3.8, 4) is 34.1 Å². The highest BCUT2D eigenvalue weighted by atomic mass is 32.2. The maximum absolute atomic E-state index is 13.4. The number of carbonyl (C=O) groups is 1. The third-order valence-electron chi connectivity index (χ3n) is 4.81. The summed E-state index contributed by atoms with van der Waals surface area (Å²) in [5.74, 6) is 0.736. The topological polar surface area (TPSA) is 138 Å². The van der Waals surface area contributed by atoms with Crippen LogP contribution >= 0.6 is 0 Å². The van der Waals surface area contributed by atoms with Crippen molar-refractivity contribution in [1.29, 1.82) is 0 Å². The van der Waals surface area contributed by atoms with Gasteiger partial charge in [0.2, 0.25) is 17.5 Å². The number of amides is 1. The van der Waals surface area contributed by atoms with Gasteiger partial charge in [0.15, 0.2) is 11.5 Å². The Labute approximate surface area is 197 Å². The molecule has 2 aromatic carbocycles. The molecule has 0 spiro atoms. The Kier molecular flexibility index (Phi) is 7.20. The first-order valence-electron chi connectivity index (χ1n) is 9.90. The predicted octanol–water partition coefficient (Wildman–Crippen LogP) is 3.44. The molecule has 12 heteroatoms. The van der Waals surface area contributed by atoms with Crippen molar-refractivity contribution in [3.63, 3.8) is 0 Å². The average Bonchev–Trinajstić information content (AvgIpc) is 3.16. The molecular formula is C22H25N3O8S. The standard InChI is InChI=1S/C22H25N3O8S/c1-12-20(22(33-24-12)23-13(2)26)14-7-8-16(29-3)19(9-14)34(27,28)25-15-10-17(30-4)21(32-6)18(11-15)31-5/h7-11,25H,1-6H3,(H,23,26). The van der Waals surface area contributed by atoms with E-state index in [2.05, 4.69) is 15.2 Å². The summed E-state index contributed by atoms with van der Waals surface area (Å²) in [5.41, 5.74) is 1.55. The molecule has 34 heavy (non-hydrogen) atoms. The molecule has 0 atom stereocenters. The van der Waals surface area contributed by atoms with E-state index < -0.39 is 10.0 Å². The van der Waals surface area contributed by atoms with E-state index in [0.717, 1.165) is 0 Å². The third kappa shape index (κ3) is 4.86. The maximum Gasteiger partial charge on any atom is 0.265 e. The molecule has 1 aromatic heterocycles. The lowest BCUT2D eigenvalue weighted by Gasteiger charge is -2.16. The molecule has 182 valence electrons. The highest BCUT2D eigenvalue weighted by Gasteiger charge is 2.25. The quantitative estimate of drug-likeness (QED) is 0.461. The van der Waals surface area contributed by atoms with Gasteiger partial charge in [-0.15, -0.1) is 0 Å². The molecule has 0 saturated heterocycles. The van der Waals surface area contributed by atoms with Crippen LogP contribution in [0.5, 0.6) is 23.0 Å². The number of methoxy groups -OCH3 is 4. The molecule has 3 aromatic rings. The van der Waals surface area contributed by atoms with E-state index in [9.17, 15) is 13.2 Å². The van der Waals surface area contributed by atoms with Crippen LogP contribution in [-0.2, 0) is 14.8 Å². The molecule has 2 N–H and O–H groups in total. The average molecular weight is 492 g/mol. The summed E-state index contributed by atoms with van der Waals surface area (Å²) < 4.78 is 55.7. The van der Waals surface area contributed by atoms with Gasteiger partial charge in [0.05, 0.1) is 45.4 Å². The van der Waals surface area contributed by atoms with Crippen molar-refractivity contribution in [2.75, 3.05) is 38.5 Å². The van der Waals surface area contributed by atoms with Crippen LogP contribution in [0, 0.1) is 6.92 Å². The SMILES string of the molecule is COc1ccc(-c2c(C)noc2NC(C)=O)cc1S(=O)(=O)Nc1cc(OC)c(OC)c(OC)c1. The lowest BCUT2D eigenvalue weighted by atomic mass is 10.1. The monoisotopic (exact) mass is 491 g/mol. The van der Waals surface area contributed by atoms with Gasteiger partial charge in [0, 0.05) is 19.1 Å². The van der Waals surface area contributed by atoms with Crippen LogP contribution < -0.4 is 29.0 Å². The van der Waals surface area contributed by atoms with Crippen LogP contribution in [0.1, 0.15) is 12.6 Å². The molecule has 0 fully saturated rings. The fraction of sp³-hybridized carbons (Fsp3) is 0.273. The number of sulfonamides is 1. The first kappa shape index (κ1) is 24.7. The van der Waals surface area contributed by atoms with Gasteiger partial charge >= 0.3 is 0 Å². The summed E-state index contributed by atoms with van der Waals surface area (Å²) in [5, 5.41) is 6.43. The summed E-state index contributed by atoms with van der Waals surface area (Å²) in [6, 6.07) is 7.48. The zero-order valence-corrected chi connectivity index (χ0v) is 20.3. The van der Waals surface area contributed by atoms with Gasteiger partial charge in [0.1, 0.15) is 10.6 Å². The van der Waals surface area contributed by atoms with E-state index in [1.165, 1.54) is 59.6 Å². The predicted molar refractivity (Wildman–Crippen MR) is 124 cm³/mol. The minimum absolute atomic E-state index is 0.108. The normalized spacial score (nSPS) is 11.0. The number of benzene rings is 2. The number of ether oxygens (including phenoxy) is 4. The molecule has 0 aliphatic rings. The van der Waals surface area contributed by atoms with Crippen LogP contribution in [0.3, 0.4) is 0 Å². The number of hydrogen-bond donors (Lipinski definition) is 2. The van der Waals surface area contributed by atoms with Crippen molar-refractivity contribution < 1.29 is 36.7 Å². The molecule has 11 nitrogen and oxygen atoms in total. The molecule has 1 amide bonds. The molecule has 0 saturated carbocycles. The van der Waals surface area contributed by atoms with Crippen LogP contribution in [0.15, 0.2) is 39.8 Å². The lowest BCUT2D eigenvalue weighted by molar-refractivity contribution is -0.114. The van der Waals surface area contributed by atoms with E-state index in [-0.39, 0.29) is 39.6 Å². The van der Waals surface area contributed by atoms with Crippen LogP contribution in [0.2, 0.25) is 0 Å². The molecule has 0 aliphatic carbocycles. The number of anilines is 2. The highest BCUT2D eigenvalue weighted by Crippen LogP contribution is 2.41. The summed E-state index contributed by atoms with van der Waals surface area (Å²) in [7, 11) is 1.51. The van der Waals surface area contributed by atoms with E-state index in [0.29, 0.717) is 22.6 Å². The Morgan fingerprint density at radius 1 is 0.941 bits per heavy atom. The van der Waals surface area contributed by atoms with Crippen molar-refractivity contribution in [2.45, 2.75) is 18.7 Å². The summed E-state index contributed by atoms with van der Waals surface area (Å²) in [4.78, 5) is 11.4. The minimum atomic E-state index is -4.15. The summed E-state index contributed by atoms with van der Waals surface area (Å²) in [6.45, 7) is 3.00. The number of aromatic nitrogens is 1. The molecule has 0 bridgehead atoms. The maximum atomic E-state index is 13.4. The van der Waals surface area contributed by atoms with Crippen molar-refractivity contribution in [1.82, 2.24) is 5.16 Å². The first-order chi connectivity index (χ1) is 16.1. The van der Waals surface area contributed by atoms with Crippen molar-refractivity contribution >= 4 is 27.5 Å². The molecule has 0 radical (unpaired) electrons. The molecular weight excluding hydrogens is 466 g/mol.